The van der Waals surface area contributed by atoms with Crippen LogP contribution in [0, 0.1) is 5.82 Å². The first-order valence-electron chi connectivity index (χ1n) is 4.88. The van der Waals surface area contributed by atoms with Gasteiger partial charge in [0.05, 0.1) is 12.7 Å². The van der Waals surface area contributed by atoms with E-state index in [1.54, 1.807) is 6.07 Å². The van der Waals surface area contributed by atoms with E-state index in [0.29, 0.717) is 25.0 Å². The average molecular weight is 209 g/mol. The summed E-state index contributed by atoms with van der Waals surface area (Å²) < 4.78 is 18.4. The van der Waals surface area contributed by atoms with Gasteiger partial charge >= 0.3 is 0 Å². The molecule has 1 aliphatic rings. The summed E-state index contributed by atoms with van der Waals surface area (Å²) in [4.78, 5) is 10.8. The number of rotatable bonds is 2. The van der Waals surface area contributed by atoms with Gasteiger partial charge in [-0.05, 0) is 17.7 Å². The van der Waals surface area contributed by atoms with Crippen molar-refractivity contribution in [1.29, 1.82) is 0 Å². The summed E-state index contributed by atoms with van der Waals surface area (Å²) in [6.07, 6.45) is 0.510. The molecule has 1 N–H and O–H groups in total. The largest absolute Gasteiger partial charge is 0.371 e. The zero-order valence-corrected chi connectivity index (χ0v) is 8.20. The van der Waals surface area contributed by atoms with E-state index >= 15 is 0 Å². The summed E-state index contributed by atoms with van der Waals surface area (Å²) >= 11 is 0. The van der Waals surface area contributed by atoms with Crippen LogP contribution in [0.3, 0.4) is 0 Å². The molecule has 15 heavy (non-hydrogen) atoms. The molecule has 0 amide bonds. The first kappa shape index (κ1) is 10.3. The molecule has 0 saturated carbocycles. The second-order valence-electron chi connectivity index (χ2n) is 3.45. The quantitative estimate of drug-likeness (QED) is 0.746. The smallest absolute Gasteiger partial charge is 0.150 e. The third-order valence-corrected chi connectivity index (χ3v) is 2.45. The molecule has 1 aliphatic heterocycles. The SMILES string of the molecule is O=Cc1cc(F)ccc1C1CNCCO1. The number of morpholine rings is 1. The molecule has 1 saturated heterocycles. The summed E-state index contributed by atoms with van der Waals surface area (Å²) in [6, 6.07) is 4.19. The summed E-state index contributed by atoms with van der Waals surface area (Å²) in [5.41, 5.74) is 1.11. The zero-order chi connectivity index (χ0) is 10.7. The number of hydrogen-bond donors (Lipinski definition) is 1. The number of benzene rings is 1. The van der Waals surface area contributed by atoms with Gasteiger partial charge in [-0.3, -0.25) is 4.79 Å². The van der Waals surface area contributed by atoms with E-state index in [1.807, 2.05) is 0 Å². The van der Waals surface area contributed by atoms with Crippen molar-refractivity contribution in [2.75, 3.05) is 19.7 Å². The molecule has 1 unspecified atom stereocenters. The van der Waals surface area contributed by atoms with Gasteiger partial charge in [0, 0.05) is 18.7 Å². The van der Waals surface area contributed by atoms with Crippen LogP contribution >= 0.6 is 0 Å². The van der Waals surface area contributed by atoms with Crippen LogP contribution in [0.15, 0.2) is 18.2 Å². The number of carbonyl (C=O) groups is 1. The highest BCUT2D eigenvalue weighted by molar-refractivity contribution is 5.77. The topological polar surface area (TPSA) is 38.3 Å². The van der Waals surface area contributed by atoms with Gasteiger partial charge in [-0.15, -0.1) is 0 Å². The summed E-state index contributed by atoms with van der Waals surface area (Å²) in [6.45, 7) is 2.08. The van der Waals surface area contributed by atoms with Gasteiger partial charge in [0.1, 0.15) is 5.82 Å². The fourth-order valence-electron chi connectivity index (χ4n) is 1.71. The number of halogens is 1. The second-order valence-corrected chi connectivity index (χ2v) is 3.45. The Labute approximate surface area is 87.2 Å². The Morgan fingerprint density at radius 2 is 2.40 bits per heavy atom. The Morgan fingerprint density at radius 1 is 1.53 bits per heavy atom. The number of nitrogens with one attached hydrogen (secondary N) is 1. The van der Waals surface area contributed by atoms with E-state index in [-0.39, 0.29) is 6.10 Å². The molecule has 0 aromatic heterocycles. The van der Waals surface area contributed by atoms with Crippen molar-refractivity contribution >= 4 is 6.29 Å². The maximum absolute atomic E-state index is 12.9. The summed E-state index contributed by atoms with van der Waals surface area (Å²) in [7, 11) is 0. The third kappa shape index (κ3) is 2.22. The molecule has 0 aliphatic carbocycles. The van der Waals surface area contributed by atoms with Gasteiger partial charge in [-0.25, -0.2) is 4.39 Å². The number of hydrogen-bond acceptors (Lipinski definition) is 3. The summed E-state index contributed by atoms with van der Waals surface area (Å²) in [5.74, 6) is -0.399. The van der Waals surface area contributed by atoms with Crippen molar-refractivity contribution in [2.24, 2.45) is 0 Å². The summed E-state index contributed by atoms with van der Waals surface area (Å²) in [5, 5.41) is 3.16. The average Bonchev–Trinajstić information content (AvgIpc) is 2.30. The molecule has 80 valence electrons. The molecule has 3 nitrogen and oxygen atoms in total. The Balaban J connectivity index is 2.29. The lowest BCUT2D eigenvalue weighted by Gasteiger charge is -2.24. The standard InChI is InChI=1S/C11H12FNO2/c12-9-1-2-10(8(5-9)7-14)11-6-13-3-4-15-11/h1-2,5,7,11,13H,3-4,6H2. The Kier molecular flexibility index (Phi) is 3.08. The van der Waals surface area contributed by atoms with Crippen LogP contribution in [0.2, 0.25) is 0 Å². The molecule has 2 rings (SSSR count). The molecule has 1 heterocycles. The Morgan fingerprint density at radius 3 is 3.07 bits per heavy atom. The molecule has 0 bridgehead atoms. The van der Waals surface area contributed by atoms with Crippen LogP contribution in [0.25, 0.3) is 0 Å². The highest BCUT2D eigenvalue weighted by atomic mass is 19.1. The van der Waals surface area contributed by atoms with E-state index in [0.717, 1.165) is 12.1 Å². The molecule has 1 aromatic carbocycles. The van der Waals surface area contributed by atoms with E-state index in [4.69, 9.17) is 4.74 Å². The zero-order valence-electron chi connectivity index (χ0n) is 8.20. The Bertz CT molecular complexity index is 362. The molecule has 0 spiro atoms. The Hall–Kier alpha value is -1.26. The number of carbonyl (C=O) groups excluding carboxylic acids is 1. The highest BCUT2D eigenvalue weighted by Gasteiger charge is 2.18. The predicted octanol–water partition coefficient (Wildman–Crippen LogP) is 1.30. The monoisotopic (exact) mass is 209 g/mol. The minimum absolute atomic E-state index is 0.153. The lowest BCUT2D eigenvalue weighted by atomic mass is 10.0. The molecule has 1 aromatic rings. The van der Waals surface area contributed by atoms with Gasteiger partial charge in [0.15, 0.2) is 6.29 Å². The van der Waals surface area contributed by atoms with Crippen LogP contribution in [0.4, 0.5) is 4.39 Å². The second kappa shape index (κ2) is 4.51. The van der Waals surface area contributed by atoms with E-state index in [2.05, 4.69) is 5.32 Å². The van der Waals surface area contributed by atoms with Gasteiger partial charge in [-0.2, -0.15) is 0 Å². The van der Waals surface area contributed by atoms with Gasteiger partial charge < -0.3 is 10.1 Å². The maximum Gasteiger partial charge on any atom is 0.150 e. The molecule has 1 atom stereocenters. The van der Waals surface area contributed by atoms with E-state index in [9.17, 15) is 9.18 Å². The van der Waals surface area contributed by atoms with Crippen molar-refractivity contribution in [2.45, 2.75) is 6.10 Å². The van der Waals surface area contributed by atoms with E-state index < -0.39 is 5.82 Å². The van der Waals surface area contributed by atoms with E-state index in [1.165, 1.54) is 12.1 Å². The van der Waals surface area contributed by atoms with Crippen LogP contribution in [-0.2, 0) is 4.74 Å². The third-order valence-electron chi connectivity index (χ3n) is 2.45. The van der Waals surface area contributed by atoms with Crippen molar-refractivity contribution in [3.63, 3.8) is 0 Å². The van der Waals surface area contributed by atoms with Gasteiger partial charge in [-0.1, -0.05) is 6.07 Å². The van der Waals surface area contributed by atoms with Crippen LogP contribution < -0.4 is 5.32 Å². The number of ether oxygens (including phenoxy) is 1. The van der Waals surface area contributed by atoms with Crippen molar-refractivity contribution in [3.8, 4) is 0 Å². The van der Waals surface area contributed by atoms with Crippen LogP contribution in [0.5, 0.6) is 0 Å². The first-order chi connectivity index (χ1) is 7.31. The lowest BCUT2D eigenvalue weighted by molar-refractivity contribution is 0.0272. The molecule has 1 fully saturated rings. The van der Waals surface area contributed by atoms with Gasteiger partial charge in [0.25, 0.3) is 0 Å². The predicted molar refractivity (Wildman–Crippen MR) is 53.4 cm³/mol. The minimum Gasteiger partial charge on any atom is -0.371 e. The highest BCUT2D eigenvalue weighted by Crippen LogP contribution is 2.22. The van der Waals surface area contributed by atoms with Crippen molar-refractivity contribution in [1.82, 2.24) is 5.32 Å². The first-order valence-corrected chi connectivity index (χ1v) is 4.88. The van der Waals surface area contributed by atoms with Crippen LogP contribution in [0.1, 0.15) is 22.0 Å². The lowest BCUT2D eigenvalue weighted by Crippen LogP contribution is -2.33. The van der Waals surface area contributed by atoms with Crippen LogP contribution in [-0.4, -0.2) is 26.0 Å². The maximum atomic E-state index is 12.9. The van der Waals surface area contributed by atoms with Gasteiger partial charge in [0.2, 0.25) is 0 Å². The fourth-order valence-corrected chi connectivity index (χ4v) is 1.71. The fraction of sp³-hybridized carbons (Fsp3) is 0.364. The minimum atomic E-state index is -0.399. The van der Waals surface area contributed by atoms with Crippen molar-refractivity contribution < 1.29 is 13.9 Å². The number of aldehydes is 1. The molecular formula is C11H12FNO2. The molecular weight excluding hydrogens is 197 g/mol. The van der Waals surface area contributed by atoms with Crippen molar-refractivity contribution in [3.05, 3.63) is 35.1 Å². The molecule has 4 heteroatoms. The molecule has 0 radical (unpaired) electrons. The normalized spacial score (nSPS) is 21.3.